The molecule has 0 unspecified atom stereocenters. The standard InChI is InChI=1S/C19H22ClNO3/c1-19(2,3)24-17-7-5-4-6-14(17)12-21-18(22)13-23-16-10-8-15(20)9-11-16/h4-11H,12-13H2,1-3H3,(H,21,22). The number of carbonyl (C=O) groups is 1. The van der Waals surface area contributed by atoms with Crippen molar-refractivity contribution in [1.82, 2.24) is 5.32 Å². The van der Waals surface area contributed by atoms with Crippen LogP contribution < -0.4 is 14.8 Å². The smallest absolute Gasteiger partial charge is 0.258 e. The van der Waals surface area contributed by atoms with Crippen molar-refractivity contribution < 1.29 is 14.3 Å². The molecule has 0 saturated heterocycles. The van der Waals surface area contributed by atoms with Crippen molar-refractivity contribution in [3.8, 4) is 11.5 Å². The number of benzene rings is 2. The van der Waals surface area contributed by atoms with E-state index in [0.717, 1.165) is 11.3 Å². The Morgan fingerprint density at radius 1 is 1.08 bits per heavy atom. The summed E-state index contributed by atoms with van der Waals surface area (Å²) >= 11 is 5.81. The van der Waals surface area contributed by atoms with Crippen LogP contribution in [0.15, 0.2) is 48.5 Å². The van der Waals surface area contributed by atoms with E-state index in [2.05, 4.69) is 5.32 Å². The van der Waals surface area contributed by atoms with Gasteiger partial charge in [0.2, 0.25) is 0 Å². The van der Waals surface area contributed by atoms with Gasteiger partial charge in [-0.15, -0.1) is 0 Å². The molecule has 1 N–H and O–H groups in total. The highest BCUT2D eigenvalue weighted by atomic mass is 35.5. The Morgan fingerprint density at radius 3 is 2.42 bits per heavy atom. The predicted octanol–water partition coefficient (Wildman–Crippen LogP) is 4.21. The van der Waals surface area contributed by atoms with E-state index in [9.17, 15) is 4.79 Å². The van der Waals surface area contributed by atoms with Crippen LogP contribution in [0.1, 0.15) is 26.3 Å². The van der Waals surface area contributed by atoms with Gasteiger partial charge in [0.25, 0.3) is 5.91 Å². The number of hydrogen-bond donors (Lipinski definition) is 1. The zero-order chi connectivity index (χ0) is 17.6. The van der Waals surface area contributed by atoms with Crippen LogP contribution >= 0.6 is 11.6 Å². The first-order chi connectivity index (χ1) is 11.3. The Hall–Kier alpha value is -2.20. The zero-order valence-corrected chi connectivity index (χ0v) is 14.9. The third-order valence-corrected chi connectivity index (χ3v) is 3.30. The summed E-state index contributed by atoms with van der Waals surface area (Å²) in [6.45, 7) is 6.30. The number of halogens is 1. The molecule has 0 aliphatic rings. The van der Waals surface area contributed by atoms with Crippen LogP contribution in [0, 0.1) is 0 Å². The van der Waals surface area contributed by atoms with Gasteiger partial charge in [-0.25, -0.2) is 0 Å². The van der Waals surface area contributed by atoms with Crippen LogP contribution in [-0.4, -0.2) is 18.1 Å². The molecule has 0 spiro atoms. The number of rotatable bonds is 6. The fourth-order valence-electron chi connectivity index (χ4n) is 2.00. The molecule has 2 rings (SSSR count). The fraction of sp³-hybridized carbons (Fsp3) is 0.316. The highest BCUT2D eigenvalue weighted by Crippen LogP contribution is 2.22. The summed E-state index contributed by atoms with van der Waals surface area (Å²) in [6, 6.07) is 14.5. The van der Waals surface area contributed by atoms with E-state index in [1.54, 1.807) is 24.3 Å². The van der Waals surface area contributed by atoms with E-state index in [1.165, 1.54) is 0 Å². The third-order valence-electron chi connectivity index (χ3n) is 3.05. The highest BCUT2D eigenvalue weighted by Gasteiger charge is 2.14. The van der Waals surface area contributed by atoms with Crippen LogP contribution in [0.3, 0.4) is 0 Å². The average Bonchev–Trinajstić information content (AvgIpc) is 2.52. The number of amides is 1. The first-order valence-corrected chi connectivity index (χ1v) is 8.13. The van der Waals surface area contributed by atoms with Gasteiger partial charge in [0.15, 0.2) is 6.61 Å². The molecule has 0 saturated carbocycles. The molecule has 0 fully saturated rings. The van der Waals surface area contributed by atoms with Gasteiger partial charge >= 0.3 is 0 Å². The molecule has 0 heterocycles. The van der Waals surface area contributed by atoms with E-state index < -0.39 is 0 Å². The van der Waals surface area contributed by atoms with Gasteiger partial charge in [0.05, 0.1) is 0 Å². The van der Waals surface area contributed by atoms with E-state index in [0.29, 0.717) is 17.3 Å². The molecule has 128 valence electrons. The quantitative estimate of drug-likeness (QED) is 0.851. The van der Waals surface area contributed by atoms with Crippen molar-refractivity contribution in [2.75, 3.05) is 6.61 Å². The summed E-state index contributed by atoms with van der Waals surface area (Å²) in [6.07, 6.45) is 0. The second-order valence-electron chi connectivity index (χ2n) is 6.34. The molecule has 2 aromatic rings. The van der Waals surface area contributed by atoms with Gasteiger partial charge in [0, 0.05) is 17.1 Å². The molecule has 0 aromatic heterocycles. The summed E-state index contributed by atoms with van der Waals surface area (Å²) in [5.41, 5.74) is 0.630. The van der Waals surface area contributed by atoms with Crippen LogP contribution in [0.4, 0.5) is 0 Å². The first kappa shape index (κ1) is 18.1. The van der Waals surface area contributed by atoms with Crippen molar-refractivity contribution in [2.45, 2.75) is 32.9 Å². The third kappa shape index (κ3) is 6.13. The lowest BCUT2D eigenvalue weighted by atomic mass is 10.1. The summed E-state index contributed by atoms with van der Waals surface area (Å²) in [5, 5.41) is 3.46. The molecule has 0 aliphatic heterocycles. The Morgan fingerprint density at radius 2 is 1.75 bits per heavy atom. The average molecular weight is 348 g/mol. The minimum absolute atomic E-state index is 0.0517. The maximum atomic E-state index is 12.0. The van der Waals surface area contributed by atoms with Crippen LogP contribution in [0.5, 0.6) is 11.5 Å². The molecule has 0 radical (unpaired) electrons. The van der Waals surface area contributed by atoms with Crippen molar-refractivity contribution in [3.05, 3.63) is 59.1 Å². The lowest BCUT2D eigenvalue weighted by Gasteiger charge is -2.23. The fourth-order valence-corrected chi connectivity index (χ4v) is 2.13. The Labute approximate surface area is 147 Å². The molecule has 1 amide bonds. The lowest BCUT2D eigenvalue weighted by molar-refractivity contribution is -0.123. The SMILES string of the molecule is CC(C)(C)Oc1ccccc1CNC(=O)COc1ccc(Cl)cc1. The first-order valence-electron chi connectivity index (χ1n) is 7.75. The molecule has 4 nitrogen and oxygen atoms in total. The summed E-state index contributed by atoms with van der Waals surface area (Å²) in [5.74, 6) is 1.17. The Balaban J connectivity index is 1.86. The van der Waals surface area contributed by atoms with Crippen molar-refractivity contribution in [2.24, 2.45) is 0 Å². The van der Waals surface area contributed by atoms with Gasteiger partial charge in [-0.2, -0.15) is 0 Å². The molecular weight excluding hydrogens is 326 g/mol. The molecular formula is C19H22ClNO3. The van der Waals surface area contributed by atoms with Crippen molar-refractivity contribution in [3.63, 3.8) is 0 Å². The van der Waals surface area contributed by atoms with Gasteiger partial charge < -0.3 is 14.8 Å². The molecule has 2 aromatic carbocycles. The predicted molar refractivity (Wildman–Crippen MR) is 95.6 cm³/mol. The van der Waals surface area contributed by atoms with Gasteiger partial charge in [0.1, 0.15) is 17.1 Å². The van der Waals surface area contributed by atoms with E-state index in [4.69, 9.17) is 21.1 Å². The van der Waals surface area contributed by atoms with Crippen molar-refractivity contribution >= 4 is 17.5 Å². The lowest BCUT2D eigenvalue weighted by Crippen LogP contribution is -2.29. The van der Waals surface area contributed by atoms with Gasteiger partial charge in [-0.05, 0) is 51.1 Å². The molecule has 0 bridgehead atoms. The Bertz CT molecular complexity index is 678. The second kappa shape index (κ2) is 8.06. The molecule has 0 atom stereocenters. The van der Waals surface area contributed by atoms with Crippen molar-refractivity contribution in [1.29, 1.82) is 0 Å². The van der Waals surface area contributed by atoms with E-state index in [1.807, 2.05) is 45.0 Å². The maximum absolute atomic E-state index is 12.0. The zero-order valence-electron chi connectivity index (χ0n) is 14.1. The van der Waals surface area contributed by atoms with Gasteiger partial charge in [-0.1, -0.05) is 29.8 Å². The number of ether oxygens (including phenoxy) is 2. The minimum Gasteiger partial charge on any atom is -0.488 e. The van der Waals surface area contributed by atoms with Gasteiger partial charge in [-0.3, -0.25) is 4.79 Å². The topological polar surface area (TPSA) is 47.6 Å². The summed E-state index contributed by atoms with van der Waals surface area (Å²) < 4.78 is 11.3. The summed E-state index contributed by atoms with van der Waals surface area (Å²) in [7, 11) is 0. The molecule has 0 aliphatic carbocycles. The number of carbonyl (C=O) groups excluding carboxylic acids is 1. The highest BCUT2D eigenvalue weighted by molar-refractivity contribution is 6.30. The number of nitrogens with one attached hydrogen (secondary N) is 1. The molecule has 5 heteroatoms. The van der Waals surface area contributed by atoms with Crippen LogP contribution in [-0.2, 0) is 11.3 Å². The largest absolute Gasteiger partial charge is 0.488 e. The Kier molecular flexibility index (Phi) is 6.10. The normalized spacial score (nSPS) is 11.0. The molecule has 24 heavy (non-hydrogen) atoms. The van der Waals surface area contributed by atoms with E-state index >= 15 is 0 Å². The number of hydrogen-bond acceptors (Lipinski definition) is 3. The van der Waals surface area contributed by atoms with Crippen LogP contribution in [0.2, 0.25) is 5.02 Å². The summed E-state index contributed by atoms with van der Waals surface area (Å²) in [4.78, 5) is 12.0. The maximum Gasteiger partial charge on any atom is 0.258 e. The van der Waals surface area contributed by atoms with Crippen LogP contribution in [0.25, 0.3) is 0 Å². The second-order valence-corrected chi connectivity index (χ2v) is 6.78. The number of para-hydroxylation sites is 1. The van der Waals surface area contributed by atoms with E-state index in [-0.39, 0.29) is 18.1 Å². The monoisotopic (exact) mass is 347 g/mol. The minimum atomic E-state index is -0.294.